The van der Waals surface area contributed by atoms with Crippen LogP contribution in [0.2, 0.25) is 0 Å². The third-order valence-electron chi connectivity index (χ3n) is 3.02. The molecule has 0 aliphatic rings. The highest BCUT2D eigenvalue weighted by molar-refractivity contribution is 7.80. The maximum Gasteiger partial charge on any atom is 0.171 e. The molecule has 0 aliphatic carbocycles. The number of anilines is 1. The molecule has 2 aromatic carbocycles. The largest absolute Gasteiger partial charge is 0.493 e. The fraction of sp³-hybridized carbons (Fsp3) is 0.235. The average Bonchev–Trinajstić information content (AvgIpc) is 2.53. The summed E-state index contributed by atoms with van der Waals surface area (Å²) < 4.78 is 24.1. The van der Waals surface area contributed by atoms with Crippen LogP contribution in [0.1, 0.15) is 6.92 Å². The summed E-state index contributed by atoms with van der Waals surface area (Å²) >= 11 is 5.21. The Labute approximate surface area is 140 Å². The quantitative estimate of drug-likeness (QED) is 0.790. The standard InChI is InChI=1S/C17H19FN2O2S/c1-12(11-22-16-9-4-3-8-15(16)21-2)19-17(23)20-14-7-5-6-13(18)10-14/h3-10,12H,11H2,1-2H3,(H2,19,20,23)/t12-/m1/s1. The second kappa shape index (κ2) is 8.33. The molecule has 6 heteroatoms. The zero-order valence-corrected chi connectivity index (χ0v) is 13.8. The number of hydrogen-bond donors (Lipinski definition) is 2. The van der Waals surface area contributed by atoms with Gasteiger partial charge in [0.15, 0.2) is 16.6 Å². The molecule has 0 saturated carbocycles. The van der Waals surface area contributed by atoms with Crippen molar-refractivity contribution in [3.05, 3.63) is 54.3 Å². The highest BCUT2D eigenvalue weighted by atomic mass is 32.1. The summed E-state index contributed by atoms with van der Waals surface area (Å²) in [5.41, 5.74) is 0.598. The number of hydrogen-bond acceptors (Lipinski definition) is 3. The average molecular weight is 334 g/mol. The molecule has 122 valence electrons. The second-order valence-corrected chi connectivity index (χ2v) is 5.38. The summed E-state index contributed by atoms with van der Waals surface area (Å²) in [6.07, 6.45) is 0. The van der Waals surface area contributed by atoms with Crippen molar-refractivity contribution in [1.82, 2.24) is 5.32 Å². The Kier molecular flexibility index (Phi) is 6.17. The van der Waals surface area contributed by atoms with Gasteiger partial charge in [-0.05, 0) is 49.5 Å². The van der Waals surface area contributed by atoms with Crippen molar-refractivity contribution in [3.63, 3.8) is 0 Å². The molecule has 0 spiro atoms. The number of rotatable bonds is 6. The minimum absolute atomic E-state index is 0.0338. The molecule has 0 fully saturated rings. The van der Waals surface area contributed by atoms with Crippen LogP contribution >= 0.6 is 12.2 Å². The van der Waals surface area contributed by atoms with Gasteiger partial charge in [-0.25, -0.2) is 4.39 Å². The molecule has 0 aliphatic heterocycles. The summed E-state index contributed by atoms with van der Waals surface area (Å²) in [4.78, 5) is 0. The zero-order valence-electron chi connectivity index (χ0n) is 13.0. The van der Waals surface area contributed by atoms with E-state index in [0.29, 0.717) is 28.9 Å². The number of halogens is 1. The van der Waals surface area contributed by atoms with Crippen molar-refractivity contribution in [2.24, 2.45) is 0 Å². The van der Waals surface area contributed by atoms with E-state index in [1.54, 1.807) is 19.2 Å². The Morgan fingerprint density at radius 3 is 2.61 bits per heavy atom. The summed E-state index contributed by atoms with van der Waals surface area (Å²) in [5.74, 6) is 1.04. The molecular formula is C17H19FN2O2S. The first kappa shape index (κ1) is 17.0. The number of thiocarbonyl (C=S) groups is 1. The van der Waals surface area contributed by atoms with Gasteiger partial charge in [-0.1, -0.05) is 18.2 Å². The molecule has 2 aromatic rings. The third kappa shape index (κ3) is 5.41. The molecule has 0 aromatic heterocycles. The molecule has 0 heterocycles. The minimum Gasteiger partial charge on any atom is -0.493 e. The highest BCUT2D eigenvalue weighted by Crippen LogP contribution is 2.25. The van der Waals surface area contributed by atoms with Gasteiger partial charge in [0.1, 0.15) is 12.4 Å². The van der Waals surface area contributed by atoms with Crippen molar-refractivity contribution in [2.75, 3.05) is 19.0 Å². The van der Waals surface area contributed by atoms with Crippen LogP contribution in [0, 0.1) is 5.82 Å². The van der Waals surface area contributed by atoms with Crippen LogP contribution in [0.3, 0.4) is 0 Å². The number of benzene rings is 2. The van der Waals surface area contributed by atoms with E-state index >= 15 is 0 Å². The monoisotopic (exact) mass is 334 g/mol. The molecule has 23 heavy (non-hydrogen) atoms. The number of nitrogens with one attached hydrogen (secondary N) is 2. The van der Waals surface area contributed by atoms with Gasteiger partial charge < -0.3 is 20.1 Å². The third-order valence-corrected chi connectivity index (χ3v) is 3.24. The Balaban J connectivity index is 1.82. The molecule has 1 atom stereocenters. The van der Waals surface area contributed by atoms with Crippen molar-refractivity contribution in [1.29, 1.82) is 0 Å². The lowest BCUT2D eigenvalue weighted by Crippen LogP contribution is -2.39. The van der Waals surface area contributed by atoms with Crippen LogP contribution in [0.5, 0.6) is 11.5 Å². The smallest absolute Gasteiger partial charge is 0.171 e. The normalized spacial score (nSPS) is 11.4. The van der Waals surface area contributed by atoms with Crippen molar-refractivity contribution >= 4 is 23.0 Å². The van der Waals surface area contributed by atoms with E-state index in [4.69, 9.17) is 21.7 Å². The molecule has 0 unspecified atom stereocenters. The molecule has 2 rings (SSSR count). The fourth-order valence-electron chi connectivity index (χ4n) is 1.95. The van der Waals surface area contributed by atoms with Gasteiger partial charge in [-0.3, -0.25) is 0 Å². The Hall–Kier alpha value is -2.34. The zero-order chi connectivity index (χ0) is 16.7. The van der Waals surface area contributed by atoms with Crippen molar-refractivity contribution < 1.29 is 13.9 Å². The van der Waals surface area contributed by atoms with Crippen LogP contribution in [-0.2, 0) is 0 Å². The number of para-hydroxylation sites is 2. The predicted octanol–water partition coefficient (Wildman–Crippen LogP) is 3.59. The van der Waals surface area contributed by atoms with Crippen LogP contribution in [0.25, 0.3) is 0 Å². The van der Waals surface area contributed by atoms with Gasteiger partial charge in [0.2, 0.25) is 0 Å². The molecule has 0 radical (unpaired) electrons. The first-order valence-corrected chi connectivity index (χ1v) is 7.58. The van der Waals surface area contributed by atoms with Gasteiger partial charge in [0, 0.05) is 5.69 Å². The fourth-order valence-corrected chi connectivity index (χ4v) is 2.27. The minimum atomic E-state index is -0.314. The molecule has 4 nitrogen and oxygen atoms in total. The van der Waals surface area contributed by atoms with Gasteiger partial charge in [0.25, 0.3) is 0 Å². The molecule has 0 amide bonds. The summed E-state index contributed by atoms with van der Waals surface area (Å²) in [6.45, 7) is 2.35. The maximum atomic E-state index is 13.1. The second-order valence-electron chi connectivity index (χ2n) is 4.97. The number of methoxy groups -OCH3 is 1. The Bertz CT molecular complexity index is 667. The van der Waals surface area contributed by atoms with E-state index in [0.717, 1.165) is 0 Å². The van der Waals surface area contributed by atoms with E-state index in [2.05, 4.69) is 10.6 Å². The van der Waals surface area contributed by atoms with Gasteiger partial charge in [-0.2, -0.15) is 0 Å². The van der Waals surface area contributed by atoms with E-state index < -0.39 is 0 Å². The van der Waals surface area contributed by atoms with Crippen LogP contribution in [-0.4, -0.2) is 24.9 Å². The molecular weight excluding hydrogens is 315 g/mol. The lowest BCUT2D eigenvalue weighted by Gasteiger charge is -2.18. The van der Waals surface area contributed by atoms with Crippen LogP contribution < -0.4 is 20.1 Å². The molecule has 2 N–H and O–H groups in total. The van der Waals surface area contributed by atoms with E-state index in [9.17, 15) is 4.39 Å². The topological polar surface area (TPSA) is 42.5 Å². The Morgan fingerprint density at radius 1 is 1.17 bits per heavy atom. The molecule has 0 saturated heterocycles. The summed E-state index contributed by atoms with van der Waals surface area (Å²) in [5, 5.41) is 6.43. The van der Waals surface area contributed by atoms with Crippen LogP contribution in [0.15, 0.2) is 48.5 Å². The highest BCUT2D eigenvalue weighted by Gasteiger charge is 2.08. The lowest BCUT2D eigenvalue weighted by atomic mass is 10.3. The maximum absolute atomic E-state index is 13.1. The van der Waals surface area contributed by atoms with E-state index in [1.807, 2.05) is 31.2 Å². The lowest BCUT2D eigenvalue weighted by molar-refractivity contribution is 0.270. The summed E-state index contributed by atoms with van der Waals surface area (Å²) in [7, 11) is 1.60. The predicted molar refractivity (Wildman–Crippen MR) is 93.7 cm³/mol. The van der Waals surface area contributed by atoms with E-state index in [1.165, 1.54) is 12.1 Å². The first-order valence-electron chi connectivity index (χ1n) is 7.17. The van der Waals surface area contributed by atoms with Gasteiger partial charge >= 0.3 is 0 Å². The van der Waals surface area contributed by atoms with Crippen molar-refractivity contribution in [3.8, 4) is 11.5 Å². The SMILES string of the molecule is COc1ccccc1OC[C@@H](C)NC(=S)Nc1cccc(F)c1. The van der Waals surface area contributed by atoms with Crippen molar-refractivity contribution in [2.45, 2.75) is 13.0 Å². The molecule has 0 bridgehead atoms. The Morgan fingerprint density at radius 2 is 1.91 bits per heavy atom. The van der Waals surface area contributed by atoms with E-state index in [-0.39, 0.29) is 11.9 Å². The van der Waals surface area contributed by atoms with Crippen LogP contribution in [0.4, 0.5) is 10.1 Å². The van der Waals surface area contributed by atoms with Gasteiger partial charge in [0.05, 0.1) is 13.2 Å². The first-order chi connectivity index (χ1) is 11.1. The number of ether oxygens (including phenoxy) is 2. The summed E-state index contributed by atoms with van der Waals surface area (Å²) in [6, 6.07) is 13.5. The van der Waals surface area contributed by atoms with Gasteiger partial charge in [-0.15, -0.1) is 0 Å².